The van der Waals surface area contributed by atoms with Crippen LogP contribution in [0.2, 0.25) is 0 Å². The molecule has 6 nitrogen and oxygen atoms in total. The number of hydroxylamine groups is 1. The molecule has 92 valence electrons. The van der Waals surface area contributed by atoms with E-state index < -0.39 is 5.91 Å². The van der Waals surface area contributed by atoms with Gasteiger partial charge in [-0.1, -0.05) is 30.3 Å². The quantitative estimate of drug-likeness (QED) is 0.780. The highest BCUT2D eigenvalue weighted by Crippen LogP contribution is 2.03. The number of nitrogen functional groups attached to an aromatic ring is 1. The van der Waals surface area contributed by atoms with Crippen molar-refractivity contribution in [1.82, 2.24) is 15.4 Å². The van der Waals surface area contributed by atoms with Crippen molar-refractivity contribution in [3.63, 3.8) is 0 Å². The summed E-state index contributed by atoms with van der Waals surface area (Å²) in [6.45, 7) is 0.271. The second kappa shape index (κ2) is 5.74. The lowest BCUT2D eigenvalue weighted by molar-refractivity contribution is 0.0230. The topological polar surface area (TPSA) is 90.1 Å². The first-order valence-electron chi connectivity index (χ1n) is 5.30. The molecule has 3 N–H and O–H groups in total. The Bertz CT molecular complexity index is 531. The third-order valence-electron chi connectivity index (χ3n) is 2.19. The van der Waals surface area contributed by atoms with Gasteiger partial charge in [-0.15, -0.1) is 0 Å². The summed E-state index contributed by atoms with van der Waals surface area (Å²) in [7, 11) is 0. The fourth-order valence-electron chi connectivity index (χ4n) is 1.33. The van der Waals surface area contributed by atoms with Gasteiger partial charge in [0.25, 0.3) is 5.91 Å². The van der Waals surface area contributed by atoms with Gasteiger partial charge in [-0.25, -0.2) is 15.4 Å². The average molecular weight is 244 g/mol. The summed E-state index contributed by atoms with van der Waals surface area (Å²) in [6, 6.07) is 9.47. The number of anilines is 1. The van der Waals surface area contributed by atoms with Crippen molar-refractivity contribution in [2.24, 2.45) is 0 Å². The van der Waals surface area contributed by atoms with Crippen molar-refractivity contribution in [1.29, 1.82) is 0 Å². The van der Waals surface area contributed by atoms with Gasteiger partial charge in [0.05, 0.1) is 6.61 Å². The van der Waals surface area contributed by atoms with Crippen molar-refractivity contribution in [3.8, 4) is 0 Å². The molecule has 0 saturated carbocycles. The number of hydrogen-bond donors (Lipinski definition) is 2. The van der Waals surface area contributed by atoms with Gasteiger partial charge in [0.2, 0.25) is 0 Å². The van der Waals surface area contributed by atoms with E-state index in [-0.39, 0.29) is 18.1 Å². The van der Waals surface area contributed by atoms with Crippen LogP contribution in [0, 0.1) is 0 Å². The fourth-order valence-corrected chi connectivity index (χ4v) is 1.33. The van der Waals surface area contributed by atoms with E-state index in [0.717, 1.165) is 5.56 Å². The molecule has 2 rings (SSSR count). The molecule has 0 aliphatic heterocycles. The van der Waals surface area contributed by atoms with Crippen molar-refractivity contribution in [2.75, 3.05) is 5.73 Å². The van der Waals surface area contributed by atoms with Crippen LogP contribution in [0.25, 0.3) is 0 Å². The number of carbonyl (C=O) groups is 1. The number of nitrogens with two attached hydrogens (primary N) is 1. The molecule has 2 aromatic rings. The largest absolute Gasteiger partial charge is 0.382 e. The Hall–Kier alpha value is -2.47. The molecule has 0 fully saturated rings. The predicted molar refractivity (Wildman–Crippen MR) is 65.1 cm³/mol. The molecule has 0 saturated heterocycles. The molecule has 0 spiro atoms. The molecule has 1 aromatic heterocycles. The molecule has 18 heavy (non-hydrogen) atoms. The number of nitrogens with one attached hydrogen (secondary N) is 1. The van der Waals surface area contributed by atoms with Gasteiger partial charge in [-0.2, -0.15) is 0 Å². The molecule has 0 bridgehead atoms. The SMILES string of the molecule is Nc1nccnc1C(=O)NOCc1ccccc1. The lowest BCUT2D eigenvalue weighted by Crippen LogP contribution is -2.25. The summed E-state index contributed by atoms with van der Waals surface area (Å²) in [5, 5.41) is 0. The molecule has 0 atom stereocenters. The summed E-state index contributed by atoms with van der Waals surface area (Å²) in [5.41, 5.74) is 8.78. The molecule has 0 aliphatic carbocycles. The van der Waals surface area contributed by atoms with E-state index in [1.54, 1.807) is 0 Å². The Morgan fingerprint density at radius 2 is 1.94 bits per heavy atom. The van der Waals surface area contributed by atoms with E-state index in [4.69, 9.17) is 10.6 Å². The summed E-state index contributed by atoms with van der Waals surface area (Å²) in [5.74, 6) is -0.449. The highest BCUT2D eigenvalue weighted by Gasteiger charge is 2.11. The maximum atomic E-state index is 11.6. The Morgan fingerprint density at radius 1 is 1.22 bits per heavy atom. The van der Waals surface area contributed by atoms with Gasteiger partial charge >= 0.3 is 0 Å². The number of rotatable bonds is 4. The zero-order valence-electron chi connectivity index (χ0n) is 9.54. The second-order valence-corrected chi connectivity index (χ2v) is 3.50. The van der Waals surface area contributed by atoms with Crippen LogP contribution < -0.4 is 11.2 Å². The Labute approximate surface area is 104 Å². The molecule has 1 aromatic carbocycles. The van der Waals surface area contributed by atoms with Gasteiger partial charge in [-0.3, -0.25) is 9.63 Å². The van der Waals surface area contributed by atoms with Crippen molar-refractivity contribution < 1.29 is 9.63 Å². The van der Waals surface area contributed by atoms with Crippen molar-refractivity contribution in [2.45, 2.75) is 6.61 Å². The van der Waals surface area contributed by atoms with Gasteiger partial charge in [0, 0.05) is 12.4 Å². The van der Waals surface area contributed by atoms with Crippen LogP contribution in [-0.4, -0.2) is 15.9 Å². The molecule has 1 amide bonds. The molecule has 0 unspecified atom stereocenters. The standard InChI is InChI=1S/C12H12N4O2/c13-11-10(14-6-7-15-11)12(17)16-18-8-9-4-2-1-3-5-9/h1-7H,8H2,(H2,13,15)(H,16,17). The van der Waals surface area contributed by atoms with Crippen LogP contribution in [0.4, 0.5) is 5.82 Å². The zero-order chi connectivity index (χ0) is 12.8. The monoisotopic (exact) mass is 244 g/mol. The van der Waals surface area contributed by atoms with E-state index in [9.17, 15) is 4.79 Å². The summed E-state index contributed by atoms with van der Waals surface area (Å²) in [4.78, 5) is 24.3. The smallest absolute Gasteiger partial charge is 0.297 e. The van der Waals surface area contributed by atoms with E-state index >= 15 is 0 Å². The number of amides is 1. The minimum atomic E-state index is -0.517. The van der Waals surface area contributed by atoms with Crippen LogP contribution in [0.15, 0.2) is 42.7 Å². The van der Waals surface area contributed by atoms with E-state index in [0.29, 0.717) is 0 Å². The van der Waals surface area contributed by atoms with Crippen LogP contribution in [-0.2, 0) is 11.4 Å². The van der Waals surface area contributed by atoms with Crippen molar-refractivity contribution >= 4 is 11.7 Å². The predicted octanol–water partition coefficient (Wildman–Crippen LogP) is 0.920. The Kier molecular flexibility index (Phi) is 3.83. The van der Waals surface area contributed by atoms with Crippen LogP contribution in [0.5, 0.6) is 0 Å². The maximum Gasteiger partial charge on any atom is 0.297 e. The van der Waals surface area contributed by atoms with Crippen LogP contribution in [0.1, 0.15) is 16.1 Å². The Balaban J connectivity index is 1.88. The third-order valence-corrected chi connectivity index (χ3v) is 2.19. The summed E-state index contributed by atoms with van der Waals surface area (Å²) >= 11 is 0. The van der Waals surface area contributed by atoms with Gasteiger partial charge < -0.3 is 5.73 Å². The first-order chi connectivity index (χ1) is 8.77. The number of aromatic nitrogens is 2. The van der Waals surface area contributed by atoms with Gasteiger partial charge in [-0.05, 0) is 5.56 Å². The number of hydrogen-bond acceptors (Lipinski definition) is 5. The molecule has 1 heterocycles. The molecule has 0 radical (unpaired) electrons. The summed E-state index contributed by atoms with van der Waals surface area (Å²) in [6.07, 6.45) is 2.80. The first-order valence-corrected chi connectivity index (χ1v) is 5.30. The van der Waals surface area contributed by atoms with E-state index in [1.807, 2.05) is 30.3 Å². The highest BCUT2D eigenvalue weighted by molar-refractivity contribution is 5.95. The lowest BCUT2D eigenvalue weighted by atomic mass is 10.2. The molecule has 6 heteroatoms. The average Bonchev–Trinajstić information content (AvgIpc) is 2.40. The van der Waals surface area contributed by atoms with Gasteiger partial charge in [0.1, 0.15) is 0 Å². The maximum absolute atomic E-state index is 11.6. The number of nitrogens with zero attached hydrogens (tertiary/aromatic N) is 2. The minimum absolute atomic E-state index is 0.0468. The van der Waals surface area contributed by atoms with Crippen LogP contribution >= 0.6 is 0 Å². The number of carbonyl (C=O) groups excluding carboxylic acids is 1. The normalized spacial score (nSPS) is 10.0. The zero-order valence-corrected chi connectivity index (χ0v) is 9.54. The highest BCUT2D eigenvalue weighted by atomic mass is 16.6. The summed E-state index contributed by atoms with van der Waals surface area (Å²) < 4.78 is 0. The molecular weight excluding hydrogens is 232 g/mol. The second-order valence-electron chi connectivity index (χ2n) is 3.50. The minimum Gasteiger partial charge on any atom is -0.382 e. The molecule has 0 aliphatic rings. The van der Waals surface area contributed by atoms with Crippen LogP contribution in [0.3, 0.4) is 0 Å². The Morgan fingerprint density at radius 3 is 2.67 bits per heavy atom. The van der Waals surface area contributed by atoms with Crippen molar-refractivity contribution in [3.05, 3.63) is 54.0 Å². The third kappa shape index (κ3) is 3.02. The lowest BCUT2D eigenvalue weighted by Gasteiger charge is -2.06. The number of benzene rings is 1. The van der Waals surface area contributed by atoms with E-state index in [1.165, 1.54) is 12.4 Å². The first kappa shape index (κ1) is 12.0. The fraction of sp³-hybridized carbons (Fsp3) is 0.0833. The molecular formula is C12H12N4O2. The van der Waals surface area contributed by atoms with E-state index in [2.05, 4.69) is 15.4 Å². The van der Waals surface area contributed by atoms with Gasteiger partial charge in [0.15, 0.2) is 11.5 Å².